The summed E-state index contributed by atoms with van der Waals surface area (Å²) in [7, 11) is 0. The highest BCUT2D eigenvalue weighted by Gasteiger charge is 2.54. The SMILES string of the molecule is CCCCCCCCCCCCCCCCCCCCCCCCCCCCCCCCCCCCCCCCCCC(=O)NC(COC1OC(CO)C(OC2OC(CO)C(OC3OC(CO)C(O)C(O)C3O)C(O)C2O)C(O)C1O)C(O)CCCCCCCCCCCCCCCC. The smallest absolute Gasteiger partial charge is 0.220 e. The van der Waals surface area contributed by atoms with Gasteiger partial charge < -0.3 is 89.9 Å². The molecule has 1 amide bonds. The van der Waals surface area contributed by atoms with Crippen LogP contribution in [0.2, 0.25) is 0 Å². The molecule has 19 heteroatoms. The van der Waals surface area contributed by atoms with Gasteiger partial charge in [-0.05, 0) is 12.8 Å². The van der Waals surface area contributed by atoms with E-state index in [1.54, 1.807) is 0 Å². The summed E-state index contributed by atoms with van der Waals surface area (Å²) in [6, 6.07) is -0.882. The van der Waals surface area contributed by atoms with Gasteiger partial charge in [0.1, 0.15) is 73.2 Å². The third-order valence-electron chi connectivity index (χ3n) is 21.4. The van der Waals surface area contributed by atoms with Crippen LogP contribution in [0.1, 0.15) is 373 Å². The zero-order chi connectivity index (χ0) is 71.8. The molecule has 0 saturated carbocycles. The van der Waals surface area contributed by atoms with E-state index in [4.69, 9.17) is 28.4 Å². The Morgan fingerprint density at radius 3 is 0.879 bits per heavy atom. The largest absolute Gasteiger partial charge is 0.394 e. The normalized spacial score (nSPS) is 26.5. The lowest BCUT2D eigenvalue weighted by Crippen LogP contribution is -2.66. The van der Waals surface area contributed by atoms with Crippen molar-refractivity contribution in [1.82, 2.24) is 5.32 Å². The van der Waals surface area contributed by atoms with Gasteiger partial charge in [-0.15, -0.1) is 0 Å². The number of nitrogens with one attached hydrogen (secondary N) is 1. The predicted molar refractivity (Wildman–Crippen MR) is 393 cm³/mol. The quantitative estimate of drug-likeness (QED) is 0.0252. The molecule has 0 aromatic rings. The van der Waals surface area contributed by atoms with Crippen LogP contribution in [0.4, 0.5) is 0 Å². The Balaban J connectivity index is 1.26. The molecule has 3 aliphatic heterocycles. The first-order valence-electron chi connectivity index (χ1n) is 41.8. The molecule has 0 aromatic carbocycles. The molecule has 17 unspecified atom stereocenters. The van der Waals surface area contributed by atoms with E-state index in [2.05, 4.69) is 19.2 Å². The van der Waals surface area contributed by atoms with Crippen molar-refractivity contribution in [2.24, 2.45) is 0 Å². The van der Waals surface area contributed by atoms with E-state index in [9.17, 15) is 61.0 Å². The van der Waals surface area contributed by atoms with Gasteiger partial charge in [-0.1, -0.05) is 354 Å². The Hall–Kier alpha value is -1.21. The molecule has 0 aromatic heterocycles. The lowest BCUT2D eigenvalue weighted by atomic mass is 9.96. The van der Waals surface area contributed by atoms with Crippen molar-refractivity contribution in [1.29, 1.82) is 0 Å². The monoisotopic (exact) mass is 1420 g/mol. The van der Waals surface area contributed by atoms with E-state index < -0.39 is 124 Å². The zero-order valence-electron chi connectivity index (χ0n) is 63.0. The number of hydrogen-bond acceptors (Lipinski definition) is 18. The first-order chi connectivity index (χ1) is 48.3. The van der Waals surface area contributed by atoms with Gasteiger partial charge in [0, 0.05) is 6.42 Å². The molecule has 3 heterocycles. The van der Waals surface area contributed by atoms with Crippen molar-refractivity contribution in [2.45, 2.75) is 478 Å². The summed E-state index contributed by atoms with van der Waals surface area (Å²) in [5.41, 5.74) is 0. The Bertz CT molecular complexity index is 1790. The topological polar surface area (TPSA) is 307 Å². The van der Waals surface area contributed by atoms with Crippen LogP contribution in [0.5, 0.6) is 0 Å². The van der Waals surface area contributed by atoms with Crippen molar-refractivity contribution in [3.63, 3.8) is 0 Å². The highest BCUT2D eigenvalue weighted by Crippen LogP contribution is 2.34. The van der Waals surface area contributed by atoms with Crippen molar-refractivity contribution < 1.29 is 89.4 Å². The number of hydrogen-bond donors (Lipinski definition) is 12. The van der Waals surface area contributed by atoms with Crippen molar-refractivity contribution in [3.05, 3.63) is 0 Å². The molecule has 0 spiro atoms. The minimum Gasteiger partial charge on any atom is -0.394 e. The number of rotatable bonds is 68. The average Bonchev–Trinajstić information content (AvgIpc) is 0.784. The van der Waals surface area contributed by atoms with Crippen molar-refractivity contribution in [2.75, 3.05) is 26.4 Å². The van der Waals surface area contributed by atoms with Crippen LogP contribution in [0.25, 0.3) is 0 Å². The summed E-state index contributed by atoms with van der Waals surface area (Å²) >= 11 is 0. The fraction of sp³-hybridized carbons (Fsp3) is 0.988. The molecule has 0 bridgehead atoms. The molecule has 0 radical (unpaired) electrons. The Kier molecular flexibility index (Phi) is 57.5. The van der Waals surface area contributed by atoms with Crippen LogP contribution < -0.4 is 5.32 Å². The van der Waals surface area contributed by atoms with E-state index in [0.29, 0.717) is 12.8 Å². The van der Waals surface area contributed by atoms with Crippen LogP contribution >= 0.6 is 0 Å². The van der Waals surface area contributed by atoms with Crippen LogP contribution in [-0.4, -0.2) is 193 Å². The van der Waals surface area contributed by atoms with E-state index in [1.165, 1.54) is 295 Å². The van der Waals surface area contributed by atoms with Gasteiger partial charge in [0.25, 0.3) is 0 Å². The van der Waals surface area contributed by atoms with Gasteiger partial charge in [-0.2, -0.15) is 0 Å². The highest BCUT2D eigenvalue weighted by molar-refractivity contribution is 5.76. The fourth-order valence-electron chi connectivity index (χ4n) is 14.7. The summed E-state index contributed by atoms with van der Waals surface area (Å²) in [4.78, 5) is 13.5. The van der Waals surface area contributed by atoms with E-state index >= 15 is 0 Å². The van der Waals surface area contributed by atoms with Crippen LogP contribution in [-0.2, 0) is 33.2 Å². The summed E-state index contributed by atoms with van der Waals surface area (Å²) < 4.78 is 34.5. The minimum absolute atomic E-state index is 0.234. The number of aliphatic hydroxyl groups is 11. The van der Waals surface area contributed by atoms with Gasteiger partial charge >= 0.3 is 0 Å². The van der Waals surface area contributed by atoms with Gasteiger partial charge in [0.2, 0.25) is 5.91 Å². The first-order valence-corrected chi connectivity index (χ1v) is 41.8. The number of amides is 1. The number of carbonyl (C=O) groups is 1. The van der Waals surface area contributed by atoms with Gasteiger partial charge in [-0.25, -0.2) is 0 Å². The second kappa shape index (κ2) is 61.9. The van der Waals surface area contributed by atoms with Gasteiger partial charge in [0.15, 0.2) is 18.9 Å². The third-order valence-corrected chi connectivity index (χ3v) is 21.4. The second-order valence-corrected chi connectivity index (χ2v) is 30.3. The lowest BCUT2D eigenvalue weighted by molar-refractivity contribution is -0.379. The Labute approximate surface area is 602 Å². The molecule has 3 rings (SSSR count). The Morgan fingerprint density at radius 1 is 0.323 bits per heavy atom. The standard InChI is InChI=1S/C80H155NO18/c1-3-5-7-9-11-13-15-17-19-20-21-22-23-24-25-26-27-28-29-30-31-32-33-34-35-36-37-38-39-40-41-42-43-44-46-48-50-52-54-56-58-68(86)81-63(64(85)57-55-53-51-49-47-45-18-16-14-12-10-8-6-4-2)62-94-78-74(92)71(89)76(66(60-83)96-78)99-80-75(93)72(90)77(67(61-84)97-80)98-79-73(91)70(88)69(87)65(59-82)95-79/h63-67,69-80,82-85,87-93H,3-62H2,1-2H3,(H,81,86). The highest BCUT2D eigenvalue weighted by atomic mass is 16.8. The summed E-state index contributed by atoms with van der Waals surface area (Å²) in [5, 5.41) is 121. The molecule has 12 N–H and O–H groups in total. The van der Waals surface area contributed by atoms with E-state index in [0.717, 1.165) is 44.9 Å². The maximum atomic E-state index is 13.5. The second-order valence-electron chi connectivity index (χ2n) is 30.3. The number of carbonyl (C=O) groups excluding carboxylic acids is 1. The van der Waals surface area contributed by atoms with Gasteiger partial charge in [-0.3, -0.25) is 4.79 Å². The lowest BCUT2D eigenvalue weighted by Gasteiger charge is -2.48. The summed E-state index contributed by atoms with van der Waals surface area (Å²) in [6.45, 7) is 1.85. The number of unbranched alkanes of at least 4 members (excludes halogenated alkanes) is 52. The fourth-order valence-corrected chi connectivity index (χ4v) is 14.7. The molecule has 99 heavy (non-hydrogen) atoms. The summed E-state index contributed by atoms with van der Waals surface area (Å²) in [5.74, 6) is -0.234. The van der Waals surface area contributed by atoms with E-state index in [-0.39, 0.29) is 18.9 Å². The molecule has 19 nitrogen and oxygen atoms in total. The number of aliphatic hydroxyl groups excluding tert-OH is 11. The molecule has 3 saturated heterocycles. The van der Waals surface area contributed by atoms with E-state index in [1.807, 2.05) is 0 Å². The average molecular weight is 1420 g/mol. The van der Waals surface area contributed by atoms with Crippen LogP contribution in [0, 0.1) is 0 Å². The molecule has 17 atom stereocenters. The maximum absolute atomic E-state index is 13.5. The van der Waals surface area contributed by atoms with Gasteiger partial charge in [0.05, 0.1) is 38.6 Å². The number of ether oxygens (including phenoxy) is 6. The van der Waals surface area contributed by atoms with Crippen LogP contribution in [0.15, 0.2) is 0 Å². The Morgan fingerprint density at radius 2 is 0.576 bits per heavy atom. The molecule has 3 aliphatic rings. The minimum atomic E-state index is -1.97. The molecular formula is C80H155NO18. The molecular weight excluding hydrogens is 1260 g/mol. The predicted octanol–water partition coefficient (Wildman–Crippen LogP) is 14.2. The first kappa shape index (κ1) is 92.0. The molecule has 0 aliphatic carbocycles. The summed E-state index contributed by atoms with van der Waals surface area (Å²) in [6.07, 6.45) is 45.3. The maximum Gasteiger partial charge on any atom is 0.220 e. The zero-order valence-corrected chi connectivity index (χ0v) is 63.0. The van der Waals surface area contributed by atoms with Crippen molar-refractivity contribution >= 4 is 5.91 Å². The molecule has 588 valence electrons. The molecule has 3 fully saturated rings. The van der Waals surface area contributed by atoms with Crippen molar-refractivity contribution in [3.8, 4) is 0 Å². The van der Waals surface area contributed by atoms with Crippen LogP contribution in [0.3, 0.4) is 0 Å². The third kappa shape index (κ3) is 42.1.